The number of unbranched alkanes of at least 4 members (excludes halogenated alkanes) is 38. The van der Waals surface area contributed by atoms with E-state index in [1.165, 1.54) is 242 Å². The van der Waals surface area contributed by atoms with Crippen molar-refractivity contribution in [3.05, 3.63) is 23.0 Å². The minimum Gasteiger partial charge on any atom is -0.396 e. The molecule has 0 saturated carbocycles. The second-order valence-electron chi connectivity index (χ2n) is 19.2. The number of hydrogen-bond acceptors (Lipinski definition) is 8. The molecule has 0 rings (SSSR count). The SMILES string of the molecule is CCCCCCC[CH2][Sn]([CH2]CCCCCCC)([O]C(=O)CSC=CCCCCCCCCCCCCCCCCO)[O]C(=O)CSC=CCCCCCCCCCCCCCCCCO. The molecule has 0 aliphatic carbocycles. The van der Waals surface area contributed by atoms with Gasteiger partial charge >= 0.3 is 282 Å². The van der Waals surface area contributed by atoms with Crippen LogP contribution >= 0.6 is 23.5 Å². The normalized spacial score (nSPS) is 12.0. The summed E-state index contributed by atoms with van der Waals surface area (Å²) >= 11 is -0.992. The van der Waals surface area contributed by atoms with E-state index in [4.69, 9.17) is 16.4 Å². The third kappa shape index (κ3) is 50.1. The summed E-state index contributed by atoms with van der Waals surface area (Å²) in [6.07, 6.45) is 56.7. The van der Waals surface area contributed by atoms with Gasteiger partial charge < -0.3 is 10.2 Å². The van der Waals surface area contributed by atoms with E-state index in [1.54, 1.807) is 0 Å². The van der Waals surface area contributed by atoms with E-state index in [0.717, 1.165) is 60.2 Å². The number of rotatable bonds is 54. The number of thioether (sulfide) groups is 2. The van der Waals surface area contributed by atoms with Crippen molar-refractivity contribution < 1.29 is 26.0 Å². The average molecular weight is 1060 g/mol. The van der Waals surface area contributed by atoms with Gasteiger partial charge in [0.2, 0.25) is 0 Å². The topological polar surface area (TPSA) is 93.1 Å². The monoisotopic (exact) mass is 1060 g/mol. The molecule has 0 unspecified atom stereocenters. The number of carbonyl (C=O) groups excluding carboxylic acids is 2. The van der Waals surface area contributed by atoms with E-state index < -0.39 is 19.2 Å². The van der Waals surface area contributed by atoms with Gasteiger partial charge in [-0.2, -0.15) is 0 Å². The second kappa shape index (κ2) is 54.8. The molecule has 0 aliphatic heterocycles. The molecule has 0 amide bonds. The summed E-state index contributed by atoms with van der Waals surface area (Å²) < 4.78 is 14.5. The van der Waals surface area contributed by atoms with Crippen LogP contribution in [0.15, 0.2) is 23.0 Å². The molecule has 0 aromatic carbocycles. The molecule has 6 nitrogen and oxygen atoms in total. The summed E-state index contributed by atoms with van der Waals surface area (Å²) in [5.41, 5.74) is 0. The Morgan fingerprint density at radius 3 is 0.892 bits per heavy atom. The Hall–Kier alpha value is -0.161. The van der Waals surface area contributed by atoms with Crippen molar-refractivity contribution in [2.24, 2.45) is 0 Å². The zero-order valence-corrected chi connectivity index (χ0v) is 47.6. The molecule has 0 aliphatic rings. The first kappa shape index (κ1) is 64.8. The Morgan fingerprint density at radius 1 is 0.369 bits per heavy atom. The summed E-state index contributed by atoms with van der Waals surface area (Å²) in [6.45, 7) is 5.17. The first-order valence-electron chi connectivity index (χ1n) is 28.2. The van der Waals surface area contributed by atoms with Crippen molar-refractivity contribution in [2.45, 2.75) is 292 Å². The van der Waals surface area contributed by atoms with Gasteiger partial charge in [0.1, 0.15) is 0 Å². The molecule has 9 heteroatoms. The van der Waals surface area contributed by atoms with Crippen molar-refractivity contribution in [1.29, 1.82) is 0 Å². The Bertz CT molecular complexity index is 962. The molecular weight excluding hydrogens is 951 g/mol. The molecule has 2 N–H and O–H groups in total. The number of aliphatic hydroxyl groups excluding tert-OH is 2. The van der Waals surface area contributed by atoms with Crippen molar-refractivity contribution in [3.63, 3.8) is 0 Å². The van der Waals surface area contributed by atoms with Gasteiger partial charge in [-0.3, -0.25) is 0 Å². The quantitative estimate of drug-likeness (QED) is 0.0460. The Balaban J connectivity index is 4.71. The van der Waals surface area contributed by atoms with Crippen LogP contribution in [0, 0.1) is 0 Å². The summed E-state index contributed by atoms with van der Waals surface area (Å²) in [6, 6.07) is 0. The minimum atomic E-state index is -4.05. The first-order valence-corrected chi connectivity index (χ1v) is 36.7. The molecule has 0 radical (unpaired) electrons. The smallest absolute Gasteiger partial charge is 0.396 e. The molecule has 0 atom stereocenters. The van der Waals surface area contributed by atoms with Crippen LogP contribution < -0.4 is 0 Å². The Kier molecular flexibility index (Phi) is 54.6. The van der Waals surface area contributed by atoms with Gasteiger partial charge in [0, 0.05) is 13.2 Å². The van der Waals surface area contributed by atoms with Gasteiger partial charge in [0.25, 0.3) is 0 Å². The number of aliphatic hydroxyl groups is 2. The molecule has 0 saturated heterocycles. The predicted molar refractivity (Wildman–Crippen MR) is 290 cm³/mol. The number of carbonyl (C=O) groups is 2. The second-order valence-corrected chi connectivity index (χ2v) is 30.2. The van der Waals surface area contributed by atoms with Crippen molar-refractivity contribution in [1.82, 2.24) is 0 Å². The number of allylic oxidation sites excluding steroid dienone is 2. The summed E-state index contributed by atoms with van der Waals surface area (Å²) in [4.78, 5) is 26.9. The standard InChI is InChI=1S/2C20H38O3S.2C8H17.Sn/c2*21-17-15-13-11-9-7-5-3-1-2-4-6-8-10-12-14-16-18-24-19-20(22)23;2*1-3-5-7-8-6-4-2;/h2*16,18,21H,1-15,17,19H2,(H,22,23);2*1,3-8H2,2H3;/q;;;;+2/p-2. The zero-order chi connectivity index (χ0) is 47.3. The van der Waals surface area contributed by atoms with Crippen LogP contribution in [0.2, 0.25) is 8.87 Å². The zero-order valence-electron chi connectivity index (χ0n) is 43.1. The molecule has 0 bridgehead atoms. The summed E-state index contributed by atoms with van der Waals surface area (Å²) in [5.74, 6) is 0.189. The van der Waals surface area contributed by atoms with Gasteiger partial charge in [-0.15, -0.1) is 0 Å². The van der Waals surface area contributed by atoms with Gasteiger partial charge in [0.05, 0.1) is 0 Å². The van der Waals surface area contributed by atoms with E-state index >= 15 is 0 Å². The van der Waals surface area contributed by atoms with Crippen LogP contribution in [-0.2, 0) is 15.7 Å². The average Bonchev–Trinajstić information content (AvgIpc) is 3.30. The number of hydrogen-bond donors (Lipinski definition) is 2. The fourth-order valence-corrected chi connectivity index (χ4v) is 19.7. The van der Waals surface area contributed by atoms with E-state index in [2.05, 4.69) is 36.8 Å². The Morgan fingerprint density at radius 2 is 0.615 bits per heavy atom. The Labute approximate surface area is 418 Å². The van der Waals surface area contributed by atoms with Crippen LogP contribution in [0.3, 0.4) is 0 Å². The van der Waals surface area contributed by atoms with E-state index in [9.17, 15) is 9.59 Å². The fourth-order valence-electron chi connectivity index (χ4n) is 8.67. The molecule has 0 fully saturated rings. The maximum absolute atomic E-state index is 13.5. The first-order chi connectivity index (χ1) is 32.0. The van der Waals surface area contributed by atoms with Gasteiger partial charge in [-0.05, 0) is 12.8 Å². The molecule has 0 spiro atoms. The van der Waals surface area contributed by atoms with Crippen LogP contribution in [0.1, 0.15) is 284 Å². The van der Waals surface area contributed by atoms with E-state index in [-0.39, 0.29) is 23.4 Å². The van der Waals surface area contributed by atoms with Crippen molar-refractivity contribution in [2.75, 3.05) is 24.7 Å². The minimum absolute atomic E-state index is 0.192. The van der Waals surface area contributed by atoms with E-state index in [0.29, 0.717) is 13.2 Å². The molecule has 65 heavy (non-hydrogen) atoms. The summed E-state index contributed by atoms with van der Waals surface area (Å²) in [7, 11) is 0. The maximum atomic E-state index is 13.5. The third-order valence-electron chi connectivity index (χ3n) is 12.8. The fraction of sp³-hybridized carbons (Fsp3) is 0.893. The van der Waals surface area contributed by atoms with Crippen molar-refractivity contribution in [3.8, 4) is 0 Å². The van der Waals surface area contributed by atoms with Crippen LogP contribution in [-0.4, -0.2) is 66.1 Å². The van der Waals surface area contributed by atoms with Gasteiger partial charge in [-0.25, -0.2) is 0 Å². The van der Waals surface area contributed by atoms with E-state index in [1.807, 2.05) is 0 Å². The molecule has 0 heterocycles. The van der Waals surface area contributed by atoms with Crippen LogP contribution in [0.5, 0.6) is 0 Å². The molecule has 0 aromatic rings. The molecule has 0 aromatic heterocycles. The van der Waals surface area contributed by atoms with Crippen molar-refractivity contribution >= 4 is 54.7 Å². The molecular formula is C56H108O6S2Sn. The van der Waals surface area contributed by atoms with Crippen LogP contribution in [0.4, 0.5) is 0 Å². The van der Waals surface area contributed by atoms with Crippen LogP contribution in [0.25, 0.3) is 0 Å². The van der Waals surface area contributed by atoms with Gasteiger partial charge in [0.15, 0.2) is 0 Å². The summed E-state index contributed by atoms with van der Waals surface area (Å²) in [5, 5.41) is 21.9. The molecule has 384 valence electrons. The van der Waals surface area contributed by atoms with Gasteiger partial charge in [-0.1, -0.05) is 103 Å². The third-order valence-corrected chi connectivity index (χ3v) is 24.1. The predicted octanol–water partition coefficient (Wildman–Crippen LogP) is 18.4.